The monoisotopic (exact) mass is 293 g/mol. The topological polar surface area (TPSA) is 85.1 Å². The van der Waals surface area contributed by atoms with E-state index in [0.29, 0.717) is 18.2 Å². The number of hydrogen-bond acceptors (Lipinski definition) is 6. The maximum Gasteiger partial charge on any atom is 0.391 e. The Balaban J connectivity index is 2.77. The van der Waals surface area contributed by atoms with Crippen molar-refractivity contribution >= 4 is 11.6 Å². The predicted molar refractivity (Wildman–Crippen MR) is 68.9 cm³/mol. The van der Waals surface area contributed by atoms with Crippen molar-refractivity contribution in [1.82, 2.24) is 9.97 Å². The van der Waals surface area contributed by atoms with Gasteiger partial charge in [-0.15, -0.1) is 0 Å². The number of nitrogens with two attached hydrogens (primary N) is 1. The quantitative estimate of drug-likeness (QED) is 0.527. The lowest BCUT2D eigenvalue weighted by atomic mass is 10.2. The summed E-state index contributed by atoms with van der Waals surface area (Å²) in [6.45, 7) is 3.88. The summed E-state index contributed by atoms with van der Waals surface area (Å²) in [7, 11) is 0. The average Bonchev–Trinajstić information content (AvgIpc) is 2.33. The van der Waals surface area contributed by atoms with E-state index in [9.17, 15) is 13.2 Å². The number of hydrogen-bond donors (Lipinski definition) is 3. The Hall–Kier alpha value is -1.61. The van der Waals surface area contributed by atoms with E-state index in [1.54, 1.807) is 0 Å². The highest BCUT2D eigenvalue weighted by Crippen LogP contribution is 2.23. The van der Waals surface area contributed by atoms with Crippen molar-refractivity contribution < 1.29 is 17.9 Å². The van der Waals surface area contributed by atoms with E-state index in [0.717, 1.165) is 0 Å². The number of hydrazine groups is 1. The molecule has 0 fully saturated rings. The van der Waals surface area contributed by atoms with Crippen LogP contribution in [0.5, 0.6) is 0 Å². The van der Waals surface area contributed by atoms with Crippen LogP contribution in [-0.2, 0) is 11.3 Å². The summed E-state index contributed by atoms with van der Waals surface area (Å²) in [4.78, 5) is 8.12. The molecule has 1 heterocycles. The third-order valence-corrected chi connectivity index (χ3v) is 2.29. The third kappa shape index (κ3) is 6.02. The Bertz CT molecular complexity index is 427. The summed E-state index contributed by atoms with van der Waals surface area (Å²) in [6.07, 6.45) is -5.19. The number of anilines is 2. The fourth-order valence-corrected chi connectivity index (χ4v) is 1.55. The van der Waals surface area contributed by atoms with E-state index < -0.39 is 18.6 Å². The van der Waals surface area contributed by atoms with Crippen molar-refractivity contribution in [2.45, 2.75) is 39.1 Å². The minimum Gasteiger partial charge on any atom is -0.374 e. The first-order valence-corrected chi connectivity index (χ1v) is 6.09. The van der Waals surface area contributed by atoms with E-state index in [1.165, 1.54) is 13.0 Å². The van der Waals surface area contributed by atoms with Crippen LogP contribution in [0.3, 0.4) is 0 Å². The number of ether oxygens (including phenoxy) is 1. The van der Waals surface area contributed by atoms with Crippen molar-refractivity contribution in [2.24, 2.45) is 5.84 Å². The summed E-state index contributed by atoms with van der Waals surface area (Å²) in [5.74, 6) is 6.16. The fraction of sp³-hybridized carbons (Fsp3) is 0.636. The zero-order valence-electron chi connectivity index (χ0n) is 11.3. The Kier molecular flexibility index (Phi) is 5.96. The van der Waals surface area contributed by atoms with Gasteiger partial charge in [0.05, 0.1) is 6.42 Å². The first-order valence-electron chi connectivity index (χ1n) is 6.09. The predicted octanol–water partition coefficient (Wildman–Crippen LogP) is 2.05. The van der Waals surface area contributed by atoms with Crippen molar-refractivity contribution in [2.75, 3.05) is 17.3 Å². The highest BCUT2D eigenvalue weighted by atomic mass is 19.4. The number of alkyl halides is 3. The molecule has 4 N–H and O–H groups in total. The molecule has 0 amide bonds. The van der Waals surface area contributed by atoms with Crippen LogP contribution in [-0.4, -0.2) is 28.8 Å². The van der Waals surface area contributed by atoms with Crippen LogP contribution in [0.15, 0.2) is 6.07 Å². The Morgan fingerprint density at radius 2 is 2.00 bits per heavy atom. The van der Waals surface area contributed by atoms with E-state index >= 15 is 0 Å². The highest BCUT2D eigenvalue weighted by Gasteiger charge is 2.30. The van der Waals surface area contributed by atoms with E-state index in [-0.39, 0.29) is 12.4 Å². The number of aromatic nitrogens is 2. The molecule has 0 spiro atoms. The van der Waals surface area contributed by atoms with Crippen LogP contribution in [0, 0.1) is 0 Å². The van der Waals surface area contributed by atoms with E-state index in [1.807, 2.05) is 6.92 Å². The van der Waals surface area contributed by atoms with Gasteiger partial charge in [0.1, 0.15) is 18.2 Å². The van der Waals surface area contributed by atoms with Gasteiger partial charge in [-0.25, -0.2) is 15.8 Å². The Morgan fingerprint density at radius 1 is 1.35 bits per heavy atom. The van der Waals surface area contributed by atoms with Crippen LogP contribution < -0.4 is 16.6 Å². The van der Waals surface area contributed by atoms with Gasteiger partial charge in [0.2, 0.25) is 0 Å². The Morgan fingerprint density at radius 3 is 2.55 bits per heavy atom. The zero-order valence-corrected chi connectivity index (χ0v) is 11.3. The molecule has 0 radical (unpaired) electrons. The minimum atomic E-state index is -4.23. The molecule has 9 heteroatoms. The molecule has 114 valence electrons. The van der Waals surface area contributed by atoms with Gasteiger partial charge in [0, 0.05) is 18.7 Å². The smallest absolute Gasteiger partial charge is 0.374 e. The van der Waals surface area contributed by atoms with Crippen LogP contribution >= 0.6 is 0 Å². The normalized spacial score (nSPS) is 13.1. The Labute approximate surface area is 114 Å². The van der Waals surface area contributed by atoms with E-state index in [2.05, 4.69) is 20.7 Å². The standard InChI is InChI=1S/C11H18F3N5O/c1-3-20-6-10-17-8(4-9(18-10)19-15)16-7(2)5-11(12,13)14/h4,7H,3,5-6,15H2,1-2H3,(H2,16,17,18,19). The number of halogens is 3. The zero-order chi connectivity index (χ0) is 15.2. The SMILES string of the molecule is CCOCc1nc(NN)cc(NC(C)CC(F)(F)F)n1. The number of rotatable bonds is 7. The lowest BCUT2D eigenvalue weighted by molar-refractivity contribution is -0.136. The van der Waals surface area contributed by atoms with Gasteiger partial charge in [0.15, 0.2) is 5.82 Å². The van der Waals surface area contributed by atoms with Gasteiger partial charge in [-0.3, -0.25) is 0 Å². The molecule has 0 aliphatic carbocycles. The van der Waals surface area contributed by atoms with Gasteiger partial charge >= 0.3 is 6.18 Å². The van der Waals surface area contributed by atoms with Crippen molar-refractivity contribution in [3.05, 3.63) is 11.9 Å². The molecular weight excluding hydrogens is 275 g/mol. The second kappa shape index (κ2) is 7.25. The average molecular weight is 293 g/mol. The molecule has 1 unspecified atom stereocenters. The first kappa shape index (κ1) is 16.4. The summed E-state index contributed by atoms with van der Waals surface area (Å²) < 4.78 is 42.0. The molecule has 0 aliphatic heterocycles. The van der Waals surface area contributed by atoms with Gasteiger partial charge < -0.3 is 15.5 Å². The molecule has 1 aromatic rings. The maximum absolute atomic E-state index is 12.3. The molecule has 1 atom stereocenters. The molecule has 6 nitrogen and oxygen atoms in total. The van der Waals surface area contributed by atoms with Gasteiger partial charge in [-0.05, 0) is 13.8 Å². The first-order chi connectivity index (χ1) is 9.34. The van der Waals surface area contributed by atoms with Gasteiger partial charge in [-0.1, -0.05) is 0 Å². The number of nitrogens with zero attached hydrogens (tertiary/aromatic N) is 2. The highest BCUT2D eigenvalue weighted by molar-refractivity contribution is 5.47. The second-order valence-electron chi connectivity index (χ2n) is 4.20. The second-order valence-corrected chi connectivity index (χ2v) is 4.20. The van der Waals surface area contributed by atoms with Crippen LogP contribution in [0.2, 0.25) is 0 Å². The summed E-state index contributed by atoms with van der Waals surface area (Å²) in [6, 6.07) is 0.623. The summed E-state index contributed by atoms with van der Waals surface area (Å²) >= 11 is 0. The molecule has 1 rings (SSSR count). The molecule has 0 saturated carbocycles. The van der Waals surface area contributed by atoms with Crippen LogP contribution in [0.4, 0.5) is 24.8 Å². The molecule has 0 bridgehead atoms. The maximum atomic E-state index is 12.3. The van der Waals surface area contributed by atoms with Crippen LogP contribution in [0.1, 0.15) is 26.1 Å². The molecule has 0 aliphatic rings. The third-order valence-electron chi connectivity index (χ3n) is 2.29. The van der Waals surface area contributed by atoms with Crippen molar-refractivity contribution in [1.29, 1.82) is 0 Å². The lowest BCUT2D eigenvalue weighted by Gasteiger charge is -2.17. The minimum absolute atomic E-state index is 0.161. The fourth-order valence-electron chi connectivity index (χ4n) is 1.55. The van der Waals surface area contributed by atoms with Crippen molar-refractivity contribution in [3.63, 3.8) is 0 Å². The molecule has 1 aromatic heterocycles. The largest absolute Gasteiger partial charge is 0.391 e. The summed E-state index contributed by atoms with van der Waals surface area (Å²) in [5, 5.41) is 2.67. The number of nitrogens with one attached hydrogen (secondary N) is 2. The molecule has 20 heavy (non-hydrogen) atoms. The van der Waals surface area contributed by atoms with Crippen LogP contribution in [0.25, 0.3) is 0 Å². The molecule has 0 aromatic carbocycles. The molecule has 0 saturated heterocycles. The molecular formula is C11H18F3N5O. The van der Waals surface area contributed by atoms with Crippen molar-refractivity contribution in [3.8, 4) is 0 Å². The van der Waals surface area contributed by atoms with Gasteiger partial charge in [-0.2, -0.15) is 13.2 Å². The number of nitrogen functional groups attached to an aromatic ring is 1. The lowest BCUT2D eigenvalue weighted by Crippen LogP contribution is -2.25. The van der Waals surface area contributed by atoms with Gasteiger partial charge in [0.25, 0.3) is 0 Å². The summed E-state index contributed by atoms with van der Waals surface area (Å²) in [5.41, 5.74) is 2.34. The van der Waals surface area contributed by atoms with E-state index in [4.69, 9.17) is 10.6 Å².